The Hall–Kier alpha value is -0.760. The number of aliphatic hydroxyl groups excluding tert-OH is 1. The van der Waals surface area contributed by atoms with Crippen molar-refractivity contribution in [2.24, 2.45) is 5.73 Å². The fraction of sp³-hybridized carbons (Fsp3) is 0.946. The highest BCUT2D eigenvalue weighted by atomic mass is 31.2. The number of amides is 1. The van der Waals surface area contributed by atoms with Crippen LogP contribution < -0.4 is 11.1 Å². The predicted octanol–water partition coefficient (Wildman–Crippen LogP) is 17.5. The van der Waals surface area contributed by atoms with E-state index in [2.05, 4.69) is 19.2 Å². The summed E-state index contributed by atoms with van der Waals surface area (Å²) in [6, 6.07) is -0.856. The fourth-order valence-electron chi connectivity index (χ4n) is 9.02. The lowest BCUT2D eigenvalue weighted by Crippen LogP contribution is -2.45. The van der Waals surface area contributed by atoms with Crippen LogP contribution in [0.5, 0.6) is 0 Å². The number of allylic oxidation sites excluding steroid dienone is 1. The number of carbonyl (C=O) groups excluding carboxylic acids is 1. The molecule has 388 valence electrons. The molecule has 9 heteroatoms. The Morgan fingerprint density at radius 2 is 0.785 bits per heavy atom. The normalized spacial score (nSPS) is 13.7. The number of phosphoric acid groups is 1. The quantitative estimate of drug-likeness (QED) is 0.0271. The van der Waals surface area contributed by atoms with E-state index in [0.717, 1.165) is 38.5 Å². The largest absolute Gasteiger partial charge is 0.472 e. The summed E-state index contributed by atoms with van der Waals surface area (Å²) < 4.78 is 22.3. The van der Waals surface area contributed by atoms with Crippen LogP contribution in [0.15, 0.2) is 12.2 Å². The smallest absolute Gasteiger partial charge is 0.387 e. The van der Waals surface area contributed by atoms with Gasteiger partial charge < -0.3 is 21.1 Å². The number of rotatable bonds is 55. The summed E-state index contributed by atoms with van der Waals surface area (Å²) in [5.41, 5.74) is 5.40. The second-order valence-corrected chi connectivity index (χ2v) is 21.3. The first kappa shape index (κ1) is 64.2. The van der Waals surface area contributed by atoms with Gasteiger partial charge >= 0.3 is 7.82 Å². The zero-order chi connectivity index (χ0) is 47.4. The van der Waals surface area contributed by atoms with Crippen molar-refractivity contribution in [1.29, 1.82) is 0 Å². The van der Waals surface area contributed by atoms with E-state index in [4.69, 9.17) is 14.8 Å². The van der Waals surface area contributed by atoms with E-state index >= 15 is 0 Å². The van der Waals surface area contributed by atoms with Gasteiger partial charge in [-0.15, -0.1) is 0 Å². The van der Waals surface area contributed by atoms with Crippen molar-refractivity contribution < 1.29 is 28.4 Å². The van der Waals surface area contributed by atoms with Gasteiger partial charge in [-0.1, -0.05) is 296 Å². The van der Waals surface area contributed by atoms with Gasteiger partial charge in [0.15, 0.2) is 0 Å². The van der Waals surface area contributed by atoms with E-state index in [-0.39, 0.29) is 25.7 Å². The molecular formula is C56H113N2O6P. The van der Waals surface area contributed by atoms with Gasteiger partial charge in [-0.2, -0.15) is 0 Å². The molecule has 1 amide bonds. The minimum atomic E-state index is -4.34. The molecule has 0 saturated carbocycles. The van der Waals surface area contributed by atoms with Crippen LogP contribution in [0.4, 0.5) is 0 Å². The van der Waals surface area contributed by atoms with E-state index in [1.54, 1.807) is 6.08 Å². The minimum absolute atomic E-state index is 0.0817. The summed E-state index contributed by atoms with van der Waals surface area (Å²) in [5, 5.41) is 13.8. The highest BCUT2D eigenvalue weighted by molar-refractivity contribution is 7.47. The Bertz CT molecular complexity index is 1030. The molecular weight excluding hydrogens is 828 g/mol. The molecule has 0 aliphatic carbocycles. The molecule has 0 spiro atoms. The molecule has 65 heavy (non-hydrogen) atoms. The summed E-state index contributed by atoms with van der Waals surface area (Å²) in [7, 11) is -4.34. The maximum absolute atomic E-state index is 12.9. The molecule has 0 aromatic rings. The van der Waals surface area contributed by atoms with Crippen molar-refractivity contribution in [1.82, 2.24) is 5.32 Å². The van der Waals surface area contributed by atoms with Crippen LogP contribution in [-0.4, -0.2) is 47.8 Å². The van der Waals surface area contributed by atoms with Crippen molar-refractivity contribution >= 4 is 13.7 Å². The second-order valence-electron chi connectivity index (χ2n) is 19.9. The van der Waals surface area contributed by atoms with E-state index in [1.807, 2.05) is 6.08 Å². The third kappa shape index (κ3) is 50.9. The molecule has 0 aromatic heterocycles. The Labute approximate surface area is 405 Å². The van der Waals surface area contributed by atoms with Gasteiger partial charge in [-0.3, -0.25) is 13.8 Å². The fourth-order valence-corrected chi connectivity index (χ4v) is 9.78. The highest BCUT2D eigenvalue weighted by Crippen LogP contribution is 2.43. The van der Waals surface area contributed by atoms with Gasteiger partial charge in [0.1, 0.15) is 0 Å². The number of nitrogens with one attached hydrogen (secondary N) is 1. The molecule has 3 atom stereocenters. The lowest BCUT2D eigenvalue weighted by molar-refractivity contribution is -0.123. The number of hydrogen-bond acceptors (Lipinski definition) is 6. The number of aliphatic hydroxyl groups is 1. The average molecular weight is 942 g/mol. The van der Waals surface area contributed by atoms with Crippen molar-refractivity contribution in [2.75, 3.05) is 19.8 Å². The Balaban J connectivity index is 3.88. The number of carbonyl (C=O) groups is 1. The molecule has 8 nitrogen and oxygen atoms in total. The van der Waals surface area contributed by atoms with Crippen LogP contribution in [0.25, 0.3) is 0 Å². The van der Waals surface area contributed by atoms with E-state index in [9.17, 15) is 19.4 Å². The lowest BCUT2D eigenvalue weighted by Gasteiger charge is -2.23. The Kier molecular flexibility index (Phi) is 52.0. The monoisotopic (exact) mass is 941 g/mol. The molecule has 1 unspecified atom stereocenters. The molecule has 0 bridgehead atoms. The van der Waals surface area contributed by atoms with Gasteiger partial charge in [-0.05, 0) is 19.3 Å². The van der Waals surface area contributed by atoms with Gasteiger partial charge in [0, 0.05) is 13.0 Å². The first-order valence-corrected chi connectivity index (χ1v) is 30.3. The van der Waals surface area contributed by atoms with Gasteiger partial charge in [-0.25, -0.2) is 4.57 Å². The number of hydrogen-bond donors (Lipinski definition) is 4. The molecule has 5 N–H and O–H groups in total. The van der Waals surface area contributed by atoms with Crippen molar-refractivity contribution in [3.63, 3.8) is 0 Å². The van der Waals surface area contributed by atoms with E-state index < -0.39 is 20.0 Å². The average Bonchev–Trinajstić information content (AvgIpc) is 3.30. The zero-order valence-electron chi connectivity index (χ0n) is 43.5. The predicted molar refractivity (Wildman–Crippen MR) is 282 cm³/mol. The van der Waals surface area contributed by atoms with Crippen LogP contribution in [-0.2, 0) is 18.4 Å². The first-order chi connectivity index (χ1) is 31.9. The van der Waals surface area contributed by atoms with Crippen LogP contribution in [0.1, 0.15) is 309 Å². The summed E-state index contributed by atoms with van der Waals surface area (Å²) in [6.45, 7) is 4.19. The van der Waals surface area contributed by atoms with Crippen LogP contribution in [0.2, 0.25) is 0 Å². The Morgan fingerprint density at radius 1 is 0.492 bits per heavy atom. The molecule has 0 saturated heterocycles. The van der Waals surface area contributed by atoms with Gasteiger partial charge in [0.2, 0.25) is 5.91 Å². The third-order valence-electron chi connectivity index (χ3n) is 13.4. The van der Waals surface area contributed by atoms with Crippen molar-refractivity contribution in [3.05, 3.63) is 12.2 Å². The maximum atomic E-state index is 12.9. The summed E-state index contributed by atoms with van der Waals surface area (Å²) in [5.74, 6) is -0.186. The SMILES string of the molecule is CCCCCCCCCCCCCCCC/C=C/[C@@H](O)[C@H](COP(=O)(O)OCCN)NC(=O)CCCCCCCCCCCCCCCCCCCCCCCCCCCCCCCC. The third-order valence-corrected chi connectivity index (χ3v) is 14.3. The molecule has 0 fully saturated rings. The second kappa shape index (κ2) is 52.6. The summed E-state index contributed by atoms with van der Waals surface area (Å²) in [6.07, 6.45) is 63.1. The molecule has 0 aromatic carbocycles. The molecule has 0 heterocycles. The van der Waals surface area contributed by atoms with E-state index in [0.29, 0.717) is 6.42 Å². The summed E-state index contributed by atoms with van der Waals surface area (Å²) in [4.78, 5) is 22.9. The van der Waals surface area contributed by atoms with Crippen LogP contribution >= 0.6 is 7.82 Å². The standard InChI is InChI=1S/C56H113N2O6P/c1-3-5-7-9-11-13-15-17-19-21-22-23-24-25-26-27-28-29-30-31-32-33-34-36-38-40-42-44-46-48-50-56(60)58-54(53-64-65(61,62)63-52-51-57)55(59)49-47-45-43-41-39-37-35-20-18-16-14-12-10-8-6-4-2/h47,49,54-55,59H,3-46,48,50-53,57H2,1-2H3,(H,58,60)(H,61,62)/b49-47+/t54-,55+/m0/s1. The van der Waals surface area contributed by atoms with E-state index in [1.165, 1.54) is 250 Å². The molecule has 0 aliphatic heterocycles. The zero-order valence-corrected chi connectivity index (χ0v) is 44.4. The van der Waals surface area contributed by atoms with Crippen LogP contribution in [0, 0.1) is 0 Å². The van der Waals surface area contributed by atoms with Crippen molar-refractivity contribution in [2.45, 2.75) is 321 Å². The lowest BCUT2D eigenvalue weighted by atomic mass is 10.0. The number of nitrogens with two attached hydrogens (primary N) is 1. The minimum Gasteiger partial charge on any atom is -0.387 e. The number of unbranched alkanes of at least 4 members (excludes halogenated alkanes) is 43. The number of phosphoric ester groups is 1. The Morgan fingerprint density at radius 3 is 1.09 bits per heavy atom. The van der Waals surface area contributed by atoms with Gasteiger partial charge in [0.05, 0.1) is 25.4 Å². The molecule has 0 radical (unpaired) electrons. The molecule has 0 aliphatic rings. The van der Waals surface area contributed by atoms with Gasteiger partial charge in [0.25, 0.3) is 0 Å². The topological polar surface area (TPSA) is 131 Å². The molecule has 0 rings (SSSR count). The van der Waals surface area contributed by atoms with Crippen LogP contribution in [0.3, 0.4) is 0 Å². The first-order valence-electron chi connectivity index (χ1n) is 28.8. The van der Waals surface area contributed by atoms with Crippen molar-refractivity contribution in [3.8, 4) is 0 Å². The summed E-state index contributed by atoms with van der Waals surface area (Å²) >= 11 is 0. The maximum Gasteiger partial charge on any atom is 0.472 e. The highest BCUT2D eigenvalue weighted by Gasteiger charge is 2.27.